The standard InChI is InChI=1S/C14H21ClO3/c1-5-18-14(2,3)13(16)9-10-8-11(15)6-7-12(10)17-4/h6-8,13,16H,5,9H2,1-4H3. The number of hydrogen-bond donors (Lipinski definition) is 1. The number of ether oxygens (including phenoxy) is 2. The molecular weight excluding hydrogens is 252 g/mol. The molecule has 0 radical (unpaired) electrons. The molecule has 0 aliphatic rings. The van der Waals surface area contributed by atoms with Gasteiger partial charge in [0.15, 0.2) is 0 Å². The zero-order valence-corrected chi connectivity index (χ0v) is 12.1. The molecule has 1 N–H and O–H groups in total. The maximum atomic E-state index is 10.2. The highest BCUT2D eigenvalue weighted by Gasteiger charge is 2.29. The Kier molecular flexibility index (Phi) is 5.45. The van der Waals surface area contributed by atoms with Crippen LogP contribution in [0.25, 0.3) is 0 Å². The number of hydrogen-bond acceptors (Lipinski definition) is 3. The maximum Gasteiger partial charge on any atom is 0.122 e. The minimum absolute atomic E-state index is 0.441. The molecule has 0 bridgehead atoms. The molecule has 1 unspecified atom stereocenters. The van der Waals surface area contributed by atoms with E-state index in [1.165, 1.54) is 0 Å². The van der Waals surface area contributed by atoms with Crippen LogP contribution < -0.4 is 4.74 Å². The third kappa shape index (κ3) is 3.87. The molecule has 18 heavy (non-hydrogen) atoms. The normalized spacial score (nSPS) is 13.4. The minimum atomic E-state index is -0.621. The average Bonchev–Trinajstić information content (AvgIpc) is 2.29. The zero-order chi connectivity index (χ0) is 13.8. The van der Waals surface area contributed by atoms with Gasteiger partial charge in [-0.25, -0.2) is 0 Å². The fraction of sp³-hybridized carbons (Fsp3) is 0.571. The lowest BCUT2D eigenvalue weighted by Gasteiger charge is -2.30. The Bertz CT molecular complexity index is 391. The number of benzene rings is 1. The van der Waals surface area contributed by atoms with Crippen molar-refractivity contribution in [3.05, 3.63) is 28.8 Å². The van der Waals surface area contributed by atoms with Crippen LogP contribution in [0, 0.1) is 0 Å². The van der Waals surface area contributed by atoms with Gasteiger partial charge < -0.3 is 14.6 Å². The van der Waals surface area contributed by atoms with Crippen LogP contribution >= 0.6 is 11.6 Å². The van der Waals surface area contributed by atoms with E-state index in [2.05, 4.69) is 0 Å². The summed E-state index contributed by atoms with van der Waals surface area (Å²) in [6, 6.07) is 5.38. The summed E-state index contributed by atoms with van der Waals surface area (Å²) in [5.74, 6) is 0.728. The molecule has 102 valence electrons. The predicted molar refractivity (Wildman–Crippen MR) is 73.4 cm³/mol. The summed E-state index contributed by atoms with van der Waals surface area (Å²) in [6.45, 7) is 6.22. The first-order valence-electron chi connectivity index (χ1n) is 6.05. The second kappa shape index (κ2) is 6.41. The van der Waals surface area contributed by atoms with Gasteiger partial charge in [-0.2, -0.15) is 0 Å². The summed E-state index contributed by atoms with van der Waals surface area (Å²) >= 11 is 5.96. The minimum Gasteiger partial charge on any atom is -0.496 e. The Hall–Kier alpha value is -0.770. The van der Waals surface area contributed by atoms with Gasteiger partial charge in [-0.1, -0.05) is 11.6 Å². The molecular formula is C14H21ClO3. The second-order valence-electron chi connectivity index (χ2n) is 4.71. The van der Waals surface area contributed by atoms with E-state index in [1.807, 2.05) is 26.8 Å². The molecule has 0 fully saturated rings. The Morgan fingerprint density at radius 3 is 2.61 bits per heavy atom. The van der Waals surface area contributed by atoms with E-state index in [4.69, 9.17) is 21.1 Å². The summed E-state index contributed by atoms with van der Waals surface area (Å²) in [5.41, 5.74) is 0.285. The predicted octanol–water partition coefficient (Wildman–Crippen LogP) is 3.07. The Balaban J connectivity index is 2.86. The van der Waals surface area contributed by atoms with E-state index in [0.717, 1.165) is 11.3 Å². The van der Waals surface area contributed by atoms with Crippen molar-refractivity contribution in [2.24, 2.45) is 0 Å². The van der Waals surface area contributed by atoms with Crippen LogP contribution in [-0.2, 0) is 11.2 Å². The van der Waals surface area contributed by atoms with E-state index in [0.29, 0.717) is 18.1 Å². The van der Waals surface area contributed by atoms with E-state index in [-0.39, 0.29) is 0 Å². The molecule has 0 amide bonds. The summed E-state index contributed by atoms with van der Waals surface area (Å²) < 4.78 is 10.8. The van der Waals surface area contributed by atoms with E-state index < -0.39 is 11.7 Å². The van der Waals surface area contributed by atoms with Gasteiger partial charge in [0.2, 0.25) is 0 Å². The molecule has 0 spiro atoms. The molecule has 4 heteroatoms. The lowest BCUT2D eigenvalue weighted by molar-refractivity contribution is -0.0956. The summed E-state index contributed by atoms with van der Waals surface area (Å²) in [5, 5.41) is 10.9. The van der Waals surface area contributed by atoms with E-state index >= 15 is 0 Å². The molecule has 1 atom stereocenters. The summed E-state index contributed by atoms with van der Waals surface area (Å²) in [4.78, 5) is 0. The van der Waals surface area contributed by atoms with Crippen LogP contribution in [-0.4, -0.2) is 30.5 Å². The van der Waals surface area contributed by atoms with Crippen molar-refractivity contribution >= 4 is 11.6 Å². The van der Waals surface area contributed by atoms with Crippen molar-refractivity contribution in [2.45, 2.75) is 38.9 Å². The number of aliphatic hydroxyl groups is 1. The Labute approximate surface area is 114 Å². The fourth-order valence-electron chi connectivity index (χ4n) is 1.83. The smallest absolute Gasteiger partial charge is 0.122 e. The van der Waals surface area contributed by atoms with Gasteiger partial charge >= 0.3 is 0 Å². The maximum absolute atomic E-state index is 10.2. The van der Waals surface area contributed by atoms with Crippen molar-refractivity contribution in [3.63, 3.8) is 0 Å². The van der Waals surface area contributed by atoms with Crippen LogP contribution in [0.3, 0.4) is 0 Å². The van der Waals surface area contributed by atoms with Gasteiger partial charge in [-0.15, -0.1) is 0 Å². The quantitative estimate of drug-likeness (QED) is 0.865. The summed E-state index contributed by atoms with van der Waals surface area (Å²) in [6.07, 6.45) is -0.179. The van der Waals surface area contributed by atoms with Crippen LogP contribution in [0.15, 0.2) is 18.2 Å². The number of rotatable bonds is 6. The topological polar surface area (TPSA) is 38.7 Å². The van der Waals surface area contributed by atoms with Gasteiger partial charge in [0, 0.05) is 18.1 Å². The zero-order valence-electron chi connectivity index (χ0n) is 11.4. The monoisotopic (exact) mass is 272 g/mol. The van der Waals surface area contributed by atoms with Gasteiger partial charge in [0.05, 0.1) is 18.8 Å². The Morgan fingerprint density at radius 1 is 1.39 bits per heavy atom. The molecule has 0 saturated carbocycles. The summed E-state index contributed by atoms with van der Waals surface area (Å²) in [7, 11) is 1.60. The molecule has 0 heterocycles. The molecule has 1 aromatic rings. The molecule has 1 rings (SSSR count). The van der Waals surface area contributed by atoms with Crippen LogP contribution in [0.4, 0.5) is 0 Å². The molecule has 0 aliphatic heterocycles. The van der Waals surface area contributed by atoms with E-state index in [1.54, 1.807) is 19.2 Å². The second-order valence-corrected chi connectivity index (χ2v) is 5.15. The highest BCUT2D eigenvalue weighted by Crippen LogP contribution is 2.27. The fourth-order valence-corrected chi connectivity index (χ4v) is 2.02. The van der Waals surface area contributed by atoms with Gasteiger partial charge in [0.25, 0.3) is 0 Å². The molecule has 0 aliphatic carbocycles. The molecule has 3 nitrogen and oxygen atoms in total. The van der Waals surface area contributed by atoms with E-state index in [9.17, 15) is 5.11 Å². The number of halogens is 1. The average molecular weight is 273 g/mol. The first-order valence-corrected chi connectivity index (χ1v) is 6.43. The third-order valence-corrected chi connectivity index (χ3v) is 3.21. The van der Waals surface area contributed by atoms with Crippen molar-refractivity contribution in [3.8, 4) is 5.75 Å². The van der Waals surface area contributed by atoms with Crippen molar-refractivity contribution < 1.29 is 14.6 Å². The molecule has 0 saturated heterocycles. The van der Waals surface area contributed by atoms with Crippen LogP contribution in [0.5, 0.6) is 5.75 Å². The lowest BCUT2D eigenvalue weighted by Crippen LogP contribution is -2.40. The first kappa shape index (κ1) is 15.3. The van der Waals surface area contributed by atoms with Crippen molar-refractivity contribution in [2.75, 3.05) is 13.7 Å². The van der Waals surface area contributed by atoms with Crippen LogP contribution in [0.1, 0.15) is 26.3 Å². The van der Waals surface area contributed by atoms with Crippen molar-refractivity contribution in [1.29, 1.82) is 0 Å². The van der Waals surface area contributed by atoms with Gasteiger partial charge in [0.1, 0.15) is 5.75 Å². The SMILES string of the molecule is CCOC(C)(C)C(O)Cc1cc(Cl)ccc1OC. The van der Waals surface area contributed by atoms with Gasteiger partial charge in [-0.3, -0.25) is 0 Å². The molecule has 0 aromatic heterocycles. The Morgan fingerprint density at radius 2 is 2.06 bits per heavy atom. The highest BCUT2D eigenvalue weighted by atomic mass is 35.5. The number of methoxy groups -OCH3 is 1. The number of aliphatic hydroxyl groups excluding tert-OH is 1. The van der Waals surface area contributed by atoms with Crippen molar-refractivity contribution in [1.82, 2.24) is 0 Å². The highest BCUT2D eigenvalue weighted by molar-refractivity contribution is 6.30. The lowest BCUT2D eigenvalue weighted by atomic mass is 9.94. The first-order chi connectivity index (χ1) is 8.40. The van der Waals surface area contributed by atoms with Gasteiger partial charge in [-0.05, 0) is 44.5 Å². The van der Waals surface area contributed by atoms with Crippen LogP contribution in [0.2, 0.25) is 5.02 Å². The largest absolute Gasteiger partial charge is 0.496 e. The molecule has 1 aromatic carbocycles. The third-order valence-electron chi connectivity index (χ3n) is 2.97.